The molecule has 1 heterocycles. The highest BCUT2D eigenvalue weighted by Crippen LogP contribution is 2.39. The molecular formula is C21H29NO6. The van der Waals surface area contributed by atoms with E-state index in [1.54, 1.807) is 6.92 Å². The highest BCUT2D eigenvalue weighted by atomic mass is 16.6. The van der Waals surface area contributed by atoms with Gasteiger partial charge in [0.05, 0.1) is 12.2 Å². The van der Waals surface area contributed by atoms with Crippen molar-refractivity contribution < 1.29 is 29.0 Å². The third-order valence-electron chi connectivity index (χ3n) is 4.94. The van der Waals surface area contributed by atoms with Gasteiger partial charge in [0.15, 0.2) is 6.10 Å². The summed E-state index contributed by atoms with van der Waals surface area (Å²) in [6, 6.07) is 0. The van der Waals surface area contributed by atoms with Gasteiger partial charge in [-0.1, -0.05) is 0 Å². The van der Waals surface area contributed by atoms with E-state index in [9.17, 15) is 19.5 Å². The fraction of sp³-hybridized carbons (Fsp3) is 0.571. The Bertz CT molecular complexity index is 793. The molecule has 0 saturated carbocycles. The van der Waals surface area contributed by atoms with Gasteiger partial charge in [0, 0.05) is 19.5 Å². The van der Waals surface area contributed by atoms with Crippen LogP contribution in [0.2, 0.25) is 0 Å². The van der Waals surface area contributed by atoms with Gasteiger partial charge in [-0.05, 0) is 74.9 Å². The normalized spacial score (nSPS) is 14.6. The monoisotopic (exact) mass is 391 g/mol. The number of aldehydes is 1. The van der Waals surface area contributed by atoms with Crippen molar-refractivity contribution >= 4 is 18.3 Å². The number of benzene rings is 1. The standard InChI is InChI=1S/C21H29NO6/c1-7-27-19(24)18(28-21(4,5)6)17-13(3)16-11-22(20(25)26)10-15(16)12(2)14(17)8-9-23/h9,18H,7-8,10-11H2,1-6H3,(H,25,26). The Morgan fingerprint density at radius 1 is 1.18 bits per heavy atom. The Morgan fingerprint density at radius 3 is 2.21 bits per heavy atom. The Balaban J connectivity index is 2.71. The quantitative estimate of drug-likeness (QED) is 0.590. The minimum Gasteiger partial charge on any atom is -0.465 e. The Labute approximate surface area is 165 Å². The summed E-state index contributed by atoms with van der Waals surface area (Å²) < 4.78 is 11.3. The van der Waals surface area contributed by atoms with E-state index < -0.39 is 23.8 Å². The summed E-state index contributed by atoms with van der Waals surface area (Å²) >= 11 is 0. The van der Waals surface area contributed by atoms with Crippen molar-refractivity contribution in [3.05, 3.63) is 33.4 Å². The van der Waals surface area contributed by atoms with Crippen LogP contribution in [-0.2, 0) is 38.6 Å². The molecule has 28 heavy (non-hydrogen) atoms. The van der Waals surface area contributed by atoms with Gasteiger partial charge in [-0.15, -0.1) is 0 Å². The Hall–Kier alpha value is -2.41. The second-order valence-electron chi connectivity index (χ2n) is 7.97. The van der Waals surface area contributed by atoms with Crippen molar-refractivity contribution in [3.63, 3.8) is 0 Å². The fourth-order valence-corrected chi connectivity index (χ4v) is 3.72. The topological polar surface area (TPSA) is 93.1 Å². The molecule has 2 rings (SSSR count). The van der Waals surface area contributed by atoms with E-state index in [-0.39, 0.29) is 26.1 Å². The molecule has 0 saturated heterocycles. The van der Waals surface area contributed by atoms with E-state index in [4.69, 9.17) is 9.47 Å². The van der Waals surface area contributed by atoms with Crippen molar-refractivity contribution in [1.29, 1.82) is 0 Å². The zero-order valence-corrected chi connectivity index (χ0v) is 17.4. The lowest BCUT2D eigenvalue weighted by Gasteiger charge is -2.30. The summed E-state index contributed by atoms with van der Waals surface area (Å²) in [7, 11) is 0. The number of ether oxygens (including phenoxy) is 2. The highest BCUT2D eigenvalue weighted by Gasteiger charge is 2.36. The molecule has 1 aliphatic heterocycles. The minimum absolute atomic E-state index is 0.117. The molecule has 1 unspecified atom stereocenters. The number of carbonyl (C=O) groups is 3. The van der Waals surface area contributed by atoms with Gasteiger partial charge in [-0.3, -0.25) is 4.90 Å². The van der Waals surface area contributed by atoms with Crippen LogP contribution in [0.1, 0.15) is 67.2 Å². The van der Waals surface area contributed by atoms with Crippen LogP contribution in [0.5, 0.6) is 0 Å². The van der Waals surface area contributed by atoms with Gasteiger partial charge in [0.1, 0.15) is 6.29 Å². The summed E-state index contributed by atoms with van der Waals surface area (Å²) in [5.74, 6) is -0.514. The van der Waals surface area contributed by atoms with Gasteiger partial charge in [-0.2, -0.15) is 0 Å². The second-order valence-corrected chi connectivity index (χ2v) is 7.97. The average molecular weight is 391 g/mol. The van der Waals surface area contributed by atoms with Gasteiger partial charge < -0.3 is 19.4 Å². The van der Waals surface area contributed by atoms with Crippen LogP contribution in [0.4, 0.5) is 4.79 Å². The third kappa shape index (κ3) is 4.35. The lowest BCUT2D eigenvalue weighted by atomic mass is 9.85. The van der Waals surface area contributed by atoms with Gasteiger partial charge >= 0.3 is 12.1 Å². The molecule has 1 aromatic carbocycles. The molecule has 1 N–H and O–H groups in total. The number of hydrogen-bond acceptors (Lipinski definition) is 5. The van der Waals surface area contributed by atoms with E-state index in [0.717, 1.165) is 28.5 Å². The van der Waals surface area contributed by atoms with Crippen LogP contribution < -0.4 is 0 Å². The van der Waals surface area contributed by atoms with Crippen LogP contribution in [0, 0.1) is 13.8 Å². The van der Waals surface area contributed by atoms with E-state index in [0.29, 0.717) is 11.1 Å². The maximum Gasteiger partial charge on any atom is 0.407 e. The first kappa shape index (κ1) is 21.9. The molecule has 0 radical (unpaired) electrons. The van der Waals surface area contributed by atoms with Crippen molar-refractivity contribution in [2.45, 2.75) is 72.8 Å². The number of esters is 1. The number of hydrogen-bond donors (Lipinski definition) is 1. The fourth-order valence-electron chi connectivity index (χ4n) is 3.72. The van der Waals surface area contributed by atoms with Crippen LogP contribution in [0.15, 0.2) is 0 Å². The predicted molar refractivity (Wildman–Crippen MR) is 103 cm³/mol. The summed E-state index contributed by atoms with van der Waals surface area (Å²) in [6.07, 6.45) is -1.08. The van der Waals surface area contributed by atoms with Crippen molar-refractivity contribution in [3.8, 4) is 0 Å². The summed E-state index contributed by atoms with van der Waals surface area (Å²) in [5, 5.41) is 9.40. The van der Waals surface area contributed by atoms with Crippen LogP contribution in [0.25, 0.3) is 0 Å². The third-order valence-corrected chi connectivity index (χ3v) is 4.94. The van der Waals surface area contributed by atoms with E-state index in [2.05, 4.69) is 0 Å². The molecule has 7 nitrogen and oxygen atoms in total. The van der Waals surface area contributed by atoms with E-state index >= 15 is 0 Å². The summed E-state index contributed by atoms with van der Waals surface area (Å²) in [6.45, 7) is 11.7. The maximum absolute atomic E-state index is 12.8. The maximum atomic E-state index is 12.8. The molecule has 0 fully saturated rings. The first-order valence-corrected chi connectivity index (χ1v) is 9.41. The molecule has 1 amide bonds. The average Bonchev–Trinajstić information content (AvgIpc) is 3.04. The molecule has 1 aliphatic rings. The van der Waals surface area contributed by atoms with Gasteiger partial charge in [0.2, 0.25) is 0 Å². The number of nitrogens with zero attached hydrogens (tertiary/aromatic N) is 1. The van der Waals surface area contributed by atoms with E-state index in [1.165, 1.54) is 4.90 Å². The number of fused-ring (bicyclic) bond motifs is 1. The molecule has 1 atom stereocenters. The second kappa shape index (κ2) is 8.31. The zero-order chi connectivity index (χ0) is 21.2. The molecule has 0 aromatic heterocycles. The number of amides is 1. The van der Waals surface area contributed by atoms with Gasteiger partial charge in [0.25, 0.3) is 0 Å². The predicted octanol–water partition coefficient (Wildman–Crippen LogP) is 3.46. The smallest absolute Gasteiger partial charge is 0.407 e. The molecule has 0 bridgehead atoms. The Kier molecular flexibility index (Phi) is 6.49. The van der Waals surface area contributed by atoms with Crippen molar-refractivity contribution in [2.24, 2.45) is 0 Å². The number of carboxylic acid groups (broad SMARTS) is 1. The first-order chi connectivity index (χ1) is 13.0. The van der Waals surface area contributed by atoms with Crippen LogP contribution >= 0.6 is 0 Å². The SMILES string of the molecule is CCOC(=O)C(OC(C)(C)C)c1c(C)c2c(c(C)c1CC=O)CN(C(=O)O)C2. The molecule has 7 heteroatoms. The molecule has 154 valence electrons. The summed E-state index contributed by atoms with van der Waals surface area (Å²) in [5.41, 5.74) is 4.09. The largest absolute Gasteiger partial charge is 0.465 e. The zero-order valence-electron chi connectivity index (χ0n) is 17.4. The lowest BCUT2D eigenvalue weighted by molar-refractivity contribution is -0.167. The Morgan fingerprint density at radius 2 is 1.75 bits per heavy atom. The van der Waals surface area contributed by atoms with Gasteiger partial charge in [-0.25, -0.2) is 9.59 Å². The first-order valence-electron chi connectivity index (χ1n) is 9.41. The molecule has 1 aromatic rings. The van der Waals surface area contributed by atoms with Crippen LogP contribution in [0.3, 0.4) is 0 Å². The minimum atomic E-state index is -0.999. The van der Waals surface area contributed by atoms with Crippen molar-refractivity contribution in [1.82, 2.24) is 4.90 Å². The molecular weight excluding hydrogens is 362 g/mol. The number of carbonyl (C=O) groups excluding carboxylic acids is 2. The molecule has 0 aliphatic carbocycles. The molecule has 0 spiro atoms. The van der Waals surface area contributed by atoms with E-state index in [1.807, 2.05) is 34.6 Å². The van der Waals surface area contributed by atoms with Crippen LogP contribution in [-0.4, -0.2) is 40.6 Å². The summed E-state index contributed by atoms with van der Waals surface area (Å²) in [4.78, 5) is 37.0. The lowest BCUT2D eigenvalue weighted by Crippen LogP contribution is -2.30. The van der Waals surface area contributed by atoms with Crippen molar-refractivity contribution in [2.75, 3.05) is 6.61 Å². The highest BCUT2D eigenvalue weighted by molar-refractivity contribution is 5.80. The number of rotatable bonds is 6.